The summed E-state index contributed by atoms with van der Waals surface area (Å²) in [5, 5.41) is 6.59. The molecule has 1 heterocycles. The Bertz CT molecular complexity index is 297. The molecule has 0 aromatic carbocycles. The average Bonchev–Trinajstić information content (AvgIpc) is 2.68. The number of ether oxygens (including phenoxy) is 1. The van der Waals surface area contributed by atoms with Crippen LogP contribution in [0.1, 0.15) is 31.0 Å². The maximum absolute atomic E-state index is 5.02. The summed E-state index contributed by atoms with van der Waals surface area (Å²) >= 11 is 1.74. The third-order valence-electron chi connectivity index (χ3n) is 2.56. The number of thiazole rings is 1. The molecule has 0 spiro atoms. The van der Waals surface area contributed by atoms with Crippen molar-refractivity contribution in [3.8, 4) is 0 Å². The van der Waals surface area contributed by atoms with Crippen molar-refractivity contribution >= 4 is 11.3 Å². The van der Waals surface area contributed by atoms with Crippen LogP contribution in [0.5, 0.6) is 0 Å². The van der Waals surface area contributed by atoms with Gasteiger partial charge in [-0.15, -0.1) is 11.3 Å². The molecule has 0 amide bonds. The Morgan fingerprint density at radius 2 is 2.27 bits per heavy atom. The monoisotopic (exact) mass is 228 g/mol. The lowest BCUT2D eigenvalue weighted by Crippen LogP contribution is -2.33. The Balaban J connectivity index is 2.56. The fourth-order valence-electron chi connectivity index (χ4n) is 1.21. The number of hydrogen-bond acceptors (Lipinski definition) is 4. The molecule has 0 saturated carbocycles. The van der Waals surface area contributed by atoms with Crippen LogP contribution in [-0.2, 0) is 16.7 Å². The van der Waals surface area contributed by atoms with Crippen molar-refractivity contribution in [3.63, 3.8) is 0 Å². The van der Waals surface area contributed by atoms with E-state index < -0.39 is 0 Å². The van der Waals surface area contributed by atoms with Gasteiger partial charge in [-0.1, -0.05) is 0 Å². The summed E-state index contributed by atoms with van der Waals surface area (Å²) in [6.45, 7) is 5.09. The van der Waals surface area contributed by atoms with E-state index in [0.717, 1.165) is 25.1 Å². The summed E-state index contributed by atoms with van der Waals surface area (Å²) < 4.78 is 5.02. The second-order valence-electron chi connectivity index (χ2n) is 4.10. The lowest BCUT2D eigenvalue weighted by atomic mass is 10.0. The molecule has 4 heteroatoms. The molecule has 1 N–H and O–H groups in total. The quantitative estimate of drug-likeness (QED) is 0.758. The second kappa shape index (κ2) is 5.58. The first kappa shape index (κ1) is 12.6. The van der Waals surface area contributed by atoms with Gasteiger partial charge >= 0.3 is 0 Å². The summed E-state index contributed by atoms with van der Waals surface area (Å²) in [7, 11) is 3.70. The van der Waals surface area contributed by atoms with Gasteiger partial charge in [0.2, 0.25) is 0 Å². The molecular formula is C11H20N2OS. The van der Waals surface area contributed by atoms with Crippen LogP contribution in [0, 0.1) is 0 Å². The first-order valence-corrected chi connectivity index (χ1v) is 6.11. The van der Waals surface area contributed by atoms with Crippen LogP contribution in [0.2, 0.25) is 0 Å². The van der Waals surface area contributed by atoms with E-state index in [1.54, 1.807) is 18.4 Å². The van der Waals surface area contributed by atoms with Gasteiger partial charge < -0.3 is 10.1 Å². The fourth-order valence-corrected chi connectivity index (χ4v) is 2.22. The molecule has 3 nitrogen and oxygen atoms in total. The molecule has 0 saturated heterocycles. The van der Waals surface area contributed by atoms with Crippen LogP contribution >= 0.6 is 11.3 Å². The summed E-state index contributed by atoms with van der Waals surface area (Å²) in [5.41, 5.74) is 1.10. The highest BCUT2D eigenvalue weighted by molar-refractivity contribution is 7.09. The fraction of sp³-hybridized carbons (Fsp3) is 0.727. The number of nitrogens with zero attached hydrogens (tertiary/aromatic N) is 1. The predicted octanol–water partition coefficient (Wildman–Crippen LogP) is 2.18. The molecule has 0 radical (unpaired) electrons. The maximum atomic E-state index is 5.02. The Labute approximate surface area is 95.9 Å². The molecule has 0 unspecified atom stereocenters. The van der Waals surface area contributed by atoms with Crippen molar-refractivity contribution in [2.45, 2.75) is 32.2 Å². The Hall–Kier alpha value is -0.450. The molecule has 0 bridgehead atoms. The Kier molecular flexibility index (Phi) is 4.70. The number of methoxy groups -OCH3 is 1. The van der Waals surface area contributed by atoms with Crippen molar-refractivity contribution in [1.29, 1.82) is 0 Å². The van der Waals surface area contributed by atoms with Crippen molar-refractivity contribution < 1.29 is 4.74 Å². The molecule has 0 aliphatic heterocycles. The molecule has 1 rings (SSSR count). The van der Waals surface area contributed by atoms with E-state index in [1.165, 1.54) is 5.01 Å². The molecule has 15 heavy (non-hydrogen) atoms. The van der Waals surface area contributed by atoms with E-state index in [0.29, 0.717) is 0 Å². The van der Waals surface area contributed by atoms with Crippen LogP contribution in [0.15, 0.2) is 5.38 Å². The van der Waals surface area contributed by atoms with Gasteiger partial charge in [0, 0.05) is 25.5 Å². The number of hydrogen-bond donors (Lipinski definition) is 1. The summed E-state index contributed by atoms with van der Waals surface area (Å²) in [6.07, 6.45) is 2.06. The van der Waals surface area contributed by atoms with E-state index in [2.05, 4.69) is 29.5 Å². The number of aryl methyl sites for hydroxylation is 1. The minimum atomic E-state index is -0.0317. The SMILES string of the molecule is CNC(C)(C)c1csc(CCCOC)n1. The van der Waals surface area contributed by atoms with Crippen LogP contribution in [0.25, 0.3) is 0 Å². The topological polar surface area (TPSA) is 34.1 Å². The zero-order chi connectivity index (χ0) is 11.3. The van der Waals surface area contributed by atoms with Crippen molar-refractivity contribution in [1.82, 2.24) is 10.3 Å². The number of nitrogens with one attached hydrogen (secondary N) is 1. The third-order valence-corrected chi connectivity index (χ3v) is 3.46. The average molecular weight is 228 g/mol. The van der Waals surface area contributed by atoms with Crippen LogP contribution in [-0.4, -0.2) is 25.7 Å². The highest BCUT2D eigenvalue weighted by Gasteiger charge is 2.20. The normalized spacial score (nSPS) is 12.0. The van der Waals surface area contributed by atoms with E-state index >= 15 is 0 Å². The van der Waals surface area contributed by atoms with Crippen LogP contribution in [0.3, 0.4) is 0 Å². The second-order valence-corrected chi connectivity index (χ2v) is 5.04. The van der Waals surface area contributed by atoms with Gasteiger partial charge in [-0.25, -0.2) is 4.98 Å². The standard InChI is InChI=1S/C11H20N2OS/c1-11(2,12-3)9-8-15-10(13-9)6-5-7-14-4/h8,12H,5-7H2,1-4H3. The number of rotatable bonds is 6. The van der Waals surface area contributed by atoms with E-state index in [4.69, 9.17) is 4.74 Å². The minimum absolute atomic E-state index is 0.0317. The highest BCUT2D eigenvalue weighted by atomic mass is 32.1. The van der Waals surface area contributed by atoms with E-state index in [-0.39, 0.29) is 5.54 Å². The highest BCUT2D eigenvalue weighted by Crippen LogP contribution is 2.22. The van der Waals surface area contributed by atoms with E-state index in [9.17, 15) is 0 Å². The van der Waals surface area contributed by atoms with Gasteiger partial charge in [-0.05, 0) is 27.3 Å². The van der Waals surface area contributed by atoms with Crippen LogP contribution in [0.4, 0.5) is 0 Å². The summed E-state index contributed by atoms with van der Waals surface area (Å²) in [4.78, 5) is 4.63. The predicted molar refractivity (Wildman–Crippen MR) is 64.4 cm³/mol. The first-order valence-electron chi connectivity index (χ1n) is 5.23. The van der Waals surface area contributed by atoms with Crippen molar-refractivity contribution in [2.24, 2.45) is 0 Å². The van der Waals surface area contributed by atoms with Crippen LogP contribution < -0.4 is 5.32 Å². The Morgan fingerprint density at radius 3 is 2.87 bits per heavy atom. The van der Waals surface area contributed by atoms with Gasteiger partial charge in [-0.3, -0.25) is 0 Å². The molecule has 1 aromatic rings. The molecule has 0 atom stereocenters. The number of aromatic nitrogens is 1. The zero-order valence-electron chi connectivity index (χ0n) is 9.96. The van der Waals surface area contributed by atoms with Gasteiger partial charge in [0.1, 0.15) is 0 Å². The third kappa shape index (κ3) is 3.55. The van der Waals surface area contributed by atoms with Gasteiger partial charge in [0.15, 0.2) is 0 Å². The molecular weight excluding hydrogens is 208 g/mol. The summed E-state index contributed by atoms with van der Waals surface area (Å²) in [6, 6.07) is 0. The lowest BCUT2D eigenvalue weighted by Gasteiger charge is -2.21. The van der Waals surface area contributed by atoms with E-state index in [1.807, 2.05) is 7.05 Å². The molecule has 86 valence electrons. The summed E-state index contributed by atoms with van der Waals surface area (Å²) in [5.74, 6) is 0. The largest absolute Gasteiger partial charge is 0.385 e. The van der Waals surface area contributed by atoms with Crippen molar-refractivity contribution in [3.05, 3.63) is 16.1 Å². The maximum Gasteiger partial charge on any atom is 0.0929 e. The van der Waals surface area contributed by atoms with Gasteiger partial charge in [-0.2, -0.15) is 0 Å². The lowest BCUT2D eigenvalue weighted by molar-refractivity contribution is 0.195. The first-order chi connectivity index (χ1) is 7.10. The Morgan fingerprint density at radius 1 is 1.53 bits per heavy atom. The van der Waals surface area contributed by atoms with Gasteiger partial charge in [0.25, 0.3) is 0 Å². The minimum Gasteiger partial charge on any atom is -0.385 e. The van der Waals surface area contributed by atoms with Gasteiger partial charge in [0.05, 0.1) is 16.2 Å². The molecule has 1 aromatic heterocycles. The van der Waals surface area contributed by atoms with Crippen molar-refractivity contribution in [2.75, 3.05) is 20.8 Å². The molecule has 0 aliphatic rings. The smallest absolute Gasteiger partial charge is 0.0929 e. The molecule has 0 fully saturated rings. The molecule has 0 aliphatic carbocycles. The zero-order valence-corrected chi connectivity index (χ0v) is 10.8.